The molecule has 0 saturated carbocycles. The molecule has 8 nitrogen and oxygen atoms in total. The Bertz CT molecular complexity index is 954. The highest BCUT2D eigenvalue weighted by molar-refractivity contribution is 6.31. The molecule has 1 unspecified atom stereocenters. The molecule has 2 aliphatic rings. The number of piperazine rings is 1. The highest BCUT2D eigenvalue weighted by atomic mass is 35.5. The van der Waals surface area contributed by atoms with Crippen molar-refractivity contribution < 1.29 is 23.8 Å². The van der Waals surface area contributed by atoms with Crippen molar-refractivity contribution >= 4 is 23.5 Å². The van der Waals surface area contributed by atoms with Crippen LogP contribution in [0.5, 0.6) is 0 Å². The minimum Gasteiger partial charge on any atom is -0.466 e. The number of carbonyl (C=O) groups excluding carboxylic acids is 2. The Morgan fingerprint density at radius 1 is 1.12 bits per heavy atom. The molecule has 0 amide bonds. The monoisotopic (exact) mass is 491 g/mol. The zero-order valence-electron chi connectivity index (χ0n) is 20.4. The maximum absolute atomic E-state index is 13.2. The van der Waals surface area contributed by atoms with E-state index < -0.39 is 17.9 Å². The van der Waals surface area contributed by atoms with E-state index in [1.165, 1.54) is 7.11 Å². The van der Waals surface area contributed by atoms with Gasteiger partial charge in [0.05, 0.1) is 49.7 Å². The number of methoxy groups -OCH3 is 1. The van der Waals surface area contributed by atoms with Gasteiger partial charge in [0.2, 0.25) is 0 Å². The number of likely N-dealkylation sites (N-methyl/N-ethyl adjacent to an activating group) is 1. The first-order valence-corrected chi connectivity index (χ1v) is 11.9. The summed E-state index contributed by atoms with van der Waals surface area (Å²) in [6.45, 7) is 9.33. The van der Waals surface area contributed by atoms with Gasteiger partial charge in [0.1, 0.15) is 0 Å². The molecule has 1 aromatic rings. The second kappa shape index (κ2) is 12.4. The van der Waals surface area contributed by atoms with Crippen LogP contribution in [0.4, 0.5) is 0 Å². The molecular formula is C25H34ClN3O5. The number of dihydropyridines is 1. The van der Waals surface area contributed by atoms with Gasteiger partial charge in [-0.15, -0.1) is 0 Å². The molecule has 0 spiro atoms. The molecule has 2 heterocycles. The third kappa shape index (κ3) is 6.18. The van der Waals surface area contributed by atoms with Crippen molar-refractivity contribution in [3.05, 3.63) is 57.4 Å². The summed E-state index contributed by atoms with van der Waals surface area (Å²) in [7, 11) is 3.44. The number of nitrogens with zero attached hydrogens (tertiary/aromatic N) is 2. The predicted molar refractivity (Wildman–Crippen MR) is 130 cm³/mol. The van der Waals surface area contributed by atoms with Crippen LogP contribution in [-0.2, 0) is 23.8 Å². The molecule has 0 bridgehead atoms. The highest BCUT2D eigenvalue weighted by Gasteiger charge is 2.39. The van der Waals surface area contributed by atoms with Crippen molar-refractivity contribution in [1.29, 1.82) is 0 Å². The number of nitrogens with one attached hydrogen (secondary N) is 1. The van der Waals surface area contributed by atoms with Gasteiger partial charge < -0.3 is 24.4 Å². The van der Waals surface area contributed by atoms with Gasteiger partial charge in [-0.25, -0.2) is 9.59 Å². The lowest BCUT2D eigenvalue weighted by molar-refractivity contribution is -0.139. The van der Waals surface area contributed by atoms with Gasteiger partial charge in [-0.3, -0.25) is 4.90 Å². The quantitative estimate of drug-likeness (QED) is 0.417. The molecule has 0 radical (unpaired) electrons. The maximum atomic E-state index is 13.2. The Hall–Kier alpha value is -2.39. The summed E-state index contributed by atoms with van der Waals surface area (Å²) in [6, 6.07) is 7.16. The van der Waals surface area contributed by atoms with Crippen molar-refractivity contribution in [1.82, 2.24) is 15.1 Å². The molecule has 3 rings (SSSR count). The maximum Gasteiger partial charge on any atom is 0.336 e. The molecule has 34 heavy (non-hydrogen) atoms. The lowest BCUT2D eigenvalue weighted by Gasteiger charge is -2.33. The predicted octanol–water partition coefficient (Wildman–Crippen LogP) is 2.56. The van der Waals surface area contributed by atoms with E-state index in [9.17, 15) is 9.59 Å². The lowest BCUT2D eigenvalue weighted by Crippen LogP contribution is -2.45. The molecule has 0 aliphatic carbocycles. The number of carbonyl (C=O) groups is 2. The number of rotatable bonds is 9. The van der Waals surface area contributed by atoms with Gasteiger partial charge in [-0.2, -0.15) is 0 Å². The molecule has 186 valence electrons. The van der Waals surface area contributed by atoms with E-state index in [1.54, 1.807) is 32.0 Å². The molecule has 0 aromatic heterocycles. The summed E-state index contributed by atoms with van der Waals surface area (Å²) >= 11 is 6.53. The van der Waals surface area contributed by atoms with Gasteiger partial charge in [0.25, 0.3) is 0 Å². The first-order valence-electron chi connectivity index (χ1n) is 11.6. The van der Waals surface area contributed by atoms with Crippen LogP contribution in [0, 0.1) is 0 Å². The Morgan fingerprint density at radius 3 is 2.47 bits per heavy atom. The number of benzene rings is 1. The van der Waals surface area contributed by atoms with Crippen LogP contribution >= 0.6 is 11.6 Å². The van der Waals surface area contributed by atoms with E-state index in [-0.39, 0.29) is 13.2 Å². The van der Waals surface area contributed by atoms with Crippen LogP contribution in [-0.4, -0.2) is 88.4 Å². The molecular weight excluding hydrogens is 458 g/mol. The molecule has 1 atom stereocenters. The van der Waals surface area contributed by atoms with Crippen LogP contribution in [0.2, 0.25) is 5.02 Å². The minimum atomic E-state index is -0.738. The molecule has 1 saturated heterocycles. The number of allylic oxidation sites excluding steroid dienone is 1. The number of halogens is 1. The van der Waals surface area contributed by atoms with Gasteiger partial charge in [-0.1, -0.05) is 29.8 Å². The van der Waals surface area contributed by atoms with Gasteiger partial charge in [-0.05, 0) is 32.5 Å². The van der Waals surface area contributed by atoms with Crippen molar-refractivity contribution in [3.63, 3.8) is 0 Å². The van der Waals surface area contributed by atoms with Crippen LogP contribution in [0.25, 0.3) is 0 Å². The fourth-order valence-electron chi connectivity index (χ4n) is 4.30. The summed E-state index contributed by atoms with van der Waals surface area (Å²) in [5.41, 5.74) is 2.40. The van der Waals surface area contributed by atoms with E-state index in [4.69, 9.17) is 25.8 Å². The van der Waals surface area contributed by atoms with Gasteiger partial charge in [0.15, 0.2) is 0 Å². The molecule has 1 aromatic carbocycles. The first kappa shape index (κ1) is 26.2. The Morgan fingerprint density at radius 2 is 1.82 bits per heavy atom. The van der Waals surface area contributed by atoms with Crippen LogP contribution in [0.3, 0.4) is 0 Å². The van der Waals surface area contributed by atoms with Crippen molar-refractivity contribution in [3.8, 4) is 0 Å². The van der Waals surface area contributed by atoms with Crippen molar-refractivity contribution in [2.75, 3.05) is 66.7 Å². The Kier molecular flexibility index (Phi) is 9.53. The number of ether oxygens (including phenoxy) is 3. The minimum absolute atomic E-state index is 0.175. The van der Waals surface area contributed by atoms with Crippen LogP contribution in [0.1, 0.15) is 25.3 Å². The average molecular weight is 492 g/mol. The normalized spacial score (nSPS) is 19.7. The molecule has 9 heteroatoms. The smallest absolute Gasteiger partial charge is 0.336 e. The zero-order chi connectivity index (χ0) is 24.7. The summed E-state index contributed by atoms with van der Waals surface area (Å²) in [4.78, 5) is 30.6. The Balaban J connectivity index is 1.89. The number of esters is 2. The Labute approximate surface area is 206 Å². The van der Waals surface area contributed by atoms with Gasteiger partial charge >= 0.3 is 11.9 Å². The second-order valence-electron chi connectivity index (χ2n) is 8.42. The third-order valence-electron chi connectivity index (χ3n) is 6.16. The van der Waals surface area contributed by atoms with E-state index in [2.05, 4.69) is 22.2 Å². The summed E-state index contributed by atoms with van der Waals surface area (Å²) in [5, 5.41) is 3.65. The fraction of sp³-hybridized carbons (Fsp3) is 0.520. The summed E-state index contributed by atoms with van der Waals surface area (Å²) in [6.07, 6.45) is 0. The summed E-state index contributed by atoms with van der Waals surface area (Å²) < 4.78 is 16.4. The van der Waals surface area contributed by atoms with Crippen molar-refractivity contribution in [2.45, 2.75) is 19.8 Å². The third-order valence-corrected chi connectivity index (χ3v) is 6.50. The zero-order valence-corrected chi connectivity index (χ0v) is 21.1. The van der Waals surface area contributed by atoms with Crippen LogP contribution in [0.15, 0.2) is 46.8 Å². The number of hydrogen-bond donors (Lipinski definition) is 1. The number of hydrogen-bond acceptors (Lipinski definition) is 8. The highest BCUT2D eigenvalue weighted by Crippen LogP contribution is 2.41. The SMILES string of the molecule is CCOC(=O)C1=C(COCCN2CCN(C)CC2)NC(C)=C(C(=O)OC)C1c1ccccc1Cl. The average Bonchev–Trinajstić information content (AvgIpc) is 2.82. The van der Waals surface area contributed by atoms with Crippen molar-refractivity contribution in [2.24, 2.45) is 0 Å². The molecule has 1 N–H and O–H groups in total. The van der Waals surface area contributed by atoms with E-state index >= 15 is 0 Å². The molecule has 1 fully saturated rings. The van der Waals surface area contributed by atoms with Gasteiger partial charge in [0, 0.05) is 43.4 Å². The largest absolute Gasteiger partial charge is 0.466 e. The standard InChI is InChI=1S/C25H34ClN3O5/c1-5-34-25(31)23-20(16-33-15-14-29-12-10-28(3)11-13-29)27-17(2)21(24(30)32-4)22(23)18-8-6-7-9-19(18)26/h6-9,22,27H,5,10-16H2,1-4H3. The fourth-order valence-corrected chi connectivity index (χ4v) is 4.55. The van der Waals surface area contributed by atoms with Crippen LogP contribution < -0.4 is 5.32 Å². The summed E-state index contributed by atoms with van der Waals surface area (Å²) in [5.74, 6) is -1.80. The van der Waals surface area contributed by atoms with E-state index in [0.29, 0.717) is 39.7 Å². The molecule has 2 aliphatic heterocycles. The topological polar surface area (TPSA) is 80.3 Å². The first-order chi connectivity index (χ1) is 16.4. The lowest BCUT2D eigenvalue weighted by atomic mass is 9.80. The van der Waals surface area contributed by atoms with E-state index in [0.717, 1.165) is 32.7 Å². The second-order valence-corrected chi connectivity index (χ2v) is 8.83. The van der Waals surface area contributed by atoms with E-state index in [1.807, 2.05) is 6.07 Å².